The fraction of sp³-hybridized carbons (Fsp3) is 0.632. The van der Waals surface area contributed by atoms with Crippen molar-refractivity contribution in [3.8, 4) is 0 Å². The summed E-state index contributed by atoms with van der Waals surface area (Å²) in [4.78, 5) is 19.1. The van der Waals surface area contributed by atoms with Crippen LogP contribution in [0.3, 0.4) is 0 Å². The third kappa shape index (κ3) is 4.79. The van der Waals surface area contributed by atoms with E-state index in [2.05, 4.69) is 9.80 Å². The summed E-state index contributed by atoms with van der Waals surface area (Å²) >= 11 is 0. The summed E-state index contributed by atoms with van der Waals surface area (Å²) in [7, 11) is 0. The van der Waals surface area contributed by atoms with Crippen LogP contribution in [0.5, 0.6) is 0 Å². The van der Waals surface area contributed by atoms with Gasteiger partial charge in [-0.3, -0.25) is 14.6 Å². The van der Waals surface area contributed by atoms with Gasteiger partial charge in [0.2, 0.25) is 5.91 Å². The molecule has 1 amide bonds. The third-order valence-electron chi connectivity index (χ3n) is 5.25. The first-order valence-corrected chi connectivity index (χ1v) is 9.21. The molecular formula is C19H29N3O3. The molecule has 138 valence electrons. The number of hydrogen-bond donors (Lipinski definition) is 1. The molecule has 0 spiro atoms. The molecule has 1 aromatic rings. The Balaban J connectivity index is 1.45. The van der Waals surface area contributed by atoms with E-state index in [4.69, 9.17) is 4.74 Å². The van der Waals surface area contributed by atoms with Crippen molar-refractivity contribution in [2.45, 2.75) is 19.1 Å². The summed E-state index contributed by atoms with van der Waals surface area (Å²) in [6.07, 6.45) is -0.458. The Morgan fingerprint density at radius 3 is 2.36 bits per heavy atom. The fourth-order valence-corrected chi connectivity index (χ4v) is 3.56. The predicted octanol–water partition coefficient (Wildman–Crippen LogP) is 0.585. The number of morpholine rings is 1. The molecule has 0 aliphatic carbocycles. The van der Waals surface area contributed by atoms with Crippen molar-refractivity contribution >= 4 is 5.91 Å². The van der Waals surface area contributed by atoms with E-state index in [-0.39, 0.29) is 11.9 Å². The average Bonchev–Trinajstić information content (AvgIpc) is 2.69. The zero-order chi connectivity index (χ0) is 17.6. The Hall–Kier alpha value is -1.47. The third-order valence-corrected chi connectivity index (χ3v) is 5.25. The number of aliphatic hydroxyl groups is 1. The van der Waals surface area contributed by atoms with Gasteiger partial charge in [-0.1, -0.05) is 30.3 Å². The molecule has 1 aromatic carbocycles. The van der Waals surface area contributed by atoms with E-state index in [1.54, 1.807) is 0 Å². The van der Waals surface area contributed by atoms with Crippen molar-refractivity contribution < 1.29 is 14.6 Å². The first-order chi connectivity index (χ1) is 12.1. The molecule has 2 aliphatic heterocycles. The van der Waals surface area contributed by atoms with Gasteiger partial charge in [0.1, 0.15) is 0 Å². The molecular weight excluding hydrogens is 318 g/mol. The van der Waals surface area contributed by atoms with Gasteiger partial charge in [-0.2, -0.15) is 0 Å². The number of carbonyl (C=O) groups is 1. The lowest BCUT2D eigenvalue weighted by Crippen LogP contribution is -2.56. The minimum atomic E-state index is -0.458. The molecule has 6 nitrogen and oxygen atoms in total. The number of β-amino-alcohol motifs (C(OH)–C–C–N with tert-alkyl or cyclic N) is 1. The zero-order valence-electron chi connectivity index (χ0n) is 15.0. The van der Waals surface area contributed by atoms with Gasteiger partial charge in [0.15, 0.2) is 0 Å². The molecule has 0 saturated carbocycles. The van der Waals surface area contributed by atoms with Crippen LogP contribution in [0.1, 0.15) is 18.6 Å². The predicted molar refractivity (Wildman–Crippen MR) is 96.3 cm³/mol. The van der Waals surface area contributed by atoms with E-state index in [1.165, 1.54) is 0 Å². The lowest BCUT2D eigenvalue weighted by atomic mass is 10.1. The number of carbonyl (C=O) groups excluding carboxylic acids is 1. The maximum Gasteiger partial charge on any atom is 0.239 e. The second-order valence-electron chi connectivity index (χ2n) is 6.88. The molecule has 25 heavy (non-hydrogen) atoms. The minimum absolute atomic E-state index is 0.0840. The summed E-state index contributed by atoms with van der Waals surface area (Å²) in [6.45, 7) is 8.81. The van der Waals surface area contributed by atoms with Crippen molar-refractivity contribution in [3.05, 3.63) is 35.9 Å². The molecule has 2 heterocycles. The van der Waals surface area contributed by atoms with Gasteiger partial charge < -0.3 is 14.7 Å². The highest BCUT2D eigenvalue weighted by Gasteiger charge is 2.29. The zero-order valence-corrected chi connectivity index (χ0v) is 15.0. The fourth-order valence-electron chi connectivity index (χ4n) is 3.56. The maximum absolute atomic E-state index is 12.6. The van der Waals surface area contributed by atoms with E-state index < -0.39 is 6.10 Å². The Morgan fingerprint density at radius 2 is 1.72 bits per heavy atom. The second kappa shape index (κ2) is 8.76. The highest BCUT2D eigenvalue weighted by Crippen LogP contribution is 2.16. The van der Waals surface area contributed by atoms with E-state index in [0.717, 1.165) is 31.7 Å². The van der Waals surface area contributed by atoms with Crippen LogP contribution in [0.25, 0.3) is 0 Å². The minimum Gasteiger partial charge on any atom is -0.387 e. The molecule has 0 radical (unpaired) electrons. The van der Waals surface area contributed by atoms with Gasteiger partial charge in [0, 0.05) is 45.8 Å². The monoisotopic (exact) mass is 347 g/mol. The van der Waals surface area contributed by atoms with Crippen molar-refractivity contribution in [3.63, 3.8) is 0 Å². The second-order valence-corrected chi connectivity index (χ2v) is 6.88. The highest BCUT2D eigenvalue weighted by atomic mass is 16.5. The van der Waals surface area contributed by atoms with Crippen LogP contribution in [0.2, 0.25) is 0 Å². The topological polar surface area (TPSA) is 56.2 Å². The van der Waals surface area contributed by atoms with Crippen molar-refractivity contribution in [2.75, 3.05) is 59.0 Å². The summed E-state index contributed by atoms with van der Waals surface area (Å²) in [6, 6.07) is 9.71. The van der Waals surface area contributed by atoms with Gasteiger partial charge in [0.25, 0.3) is 0 Å². The number of amides is 1. The number of ether oxygens (including phenoxy) is 1. The van der Waals surface area contributed by atoms with Gasteiger partial charge in [-0.05, 0) is 12.5 Å². The van der Waals surface area contributed by atoms with E-state index in [0.29, 0.717) is 32.8 Å². The van der Waals surface area contributed by atoms with Crippen molar-refractivity contribution in [2.24, 2.45) is 0 Å². The summed E-state index contributed by atoms with van der Waals surface area (Å²) in [5.41, 5.74) is 0.959. The average molecular weight is 347 g/mol. The molecule has 1 N–H and O–H groups in total. The molecule has 0 bridgehead atoms. The number of hydrogen-bond acceptors (Lipinski definition) is 5. The van der Waals surface area contributed by atoms with Crippen LogP contribution in [0.15, 0.2) is 30.3 Å². The van der Waals surface area contributed by atoms with Gasteiger partial charge in [-0.25, -0.2) is 0 Å². The first kappa shape index (κ1) is 18.3. The quantitative estimate of drug-likeness (QED) is 0.845. The SMILES string of the molecule is CC(C(=O)N1CCOCC1)N1CCN(CC(O)c2ccccc2)CC1. The maximum atomic E-state index is 12.6. The summed E-state index contributed by atoms with van der Waals surface area (Å²) in [5, 5.41) is 10.4. The molecule has 0 aromatic heterocycles. The van der Waals surface area contributed by atoms with Gasteiger partial charge in [0.05, 0.1) is 25.4 Å². The van der Waals surface area contributed by atoms with Crippen LogP contribution in [0.4, 0.5) is 0 Å². The Morgan fingerprint density at radius 1 is 1.08 bits per heavy atom. The number of piperazine rings is 1. The van der Waals surface area contributed by atoms with Crippen LogP contribution >= 0.6 is 0 Å². The molecule has 2 aliphatic rings. The Kier molecular flexibility index (Phi) is 6.42. The number of benzene rings is 1. The van der Waals surface area contributed by atoms with Crippen molar-refractivity contribution in [1.82, 2.24) is 14.7 Å². The molecule has 6 heteroatoms. The summed E-state index contributed by atoms with van der Waals surface area (Å²) in [5.74, 6) is 0.209. The molecule has 2 saturated heterocycles. The molecule has 2 unspecified atom stereocenters. The van der Waals surface area contributed by atoms with Crippen LogP contribution in [0, 0.1) is 0 Å². The normalized spacial score (nSPS) is 22.6. The highest BCUT2D eigenvalue weighted by molar-refractivity contribution is 5.81. The molecule has 2 atom stereocenters. The number of nitrogens with zero attached hydrogens (tertiary/aromatic N) is 3. The van der Waals surface area contributed by atoms with Crippen LogP contribution < -0.4 is 0 Å². The largest absolute Gasteiger partial charge is 0.387 e. The van der Waals surface area contributed by atoms with Crippen LogP contribution in [-0.2, 0) is 9.53 Å². The smallest absolute Gasteiger partial charge is 0.239 e. The molecule has 2 fully saturated rings. The van der Waals surface area contributed by atoms with Crippen molar-refractivity contribution in [1.29, 1.82) is 0 Å². The summed E-state index contributed by atoms with van der Waals surface area (Å²) < 4.78 is 5.32. The van der Waals surface area contributed by atoms with E-state index in [9.17, 15) is 9.90 Å². The van der Waals surface area contributed by atoms with Crippen LogP contribution in [-0.4, -0.2) is 90.8 Å². The lowest BCUT2D eigenvalue weighted by Gasteiger charge is -2.40. The standard InChI is InChI=1S/C19H29N3O3/c1-16(19(24)22-11-13-25-14-12-22)21-9-7-20(8-10-21)15-18(23)17-5-3-2-4-6-17/h2-6,16,18,23H,7-15H2,1H3. The van der Waals surface area contributed by atoms with E-state index in [1.807, 2.05) is 42.2 Å². The van der Waals surface area contributed by atoms with E-state index >= 15 is 0 Å². The van der Waals surface area contributed by atoms with Gasteiger partial charge in [-0.15, -0.1) is 0 Å². The first-order valence-electron chi connectivity index (χ1n) is 9.21. The number of aliphatic hydroxyl groups excluding tert-OH is 1. The number of rotatable bonds is 5. The Labute approximate surface area is 150 Å². The lowest BCUT2D eigenvalue weighted by molar-refractivity contribution is -0.141. The van der Waals surface area contributed by atoms with Gasteiger partial charge >= 0.3 is 0 Å². The molecule has 3 rings (SSSR count). The Bertz CT molecular complexity index is 540.